The number of likely N-dealkylation sites (N-methyl/N-ethyl adjacent to an activating group) is 1. The Bertz CT molecular complexity index is 571. The second-order valence-electron chi connectivity index (χ2n) is 5.07. The quantitative estimate of drug-likeness (QED) is 0.654. The fraction of sp³-hybridized carbons (Fsp3) is 0.533. The van der Waals surface area contributed by atoms with Crippen molar-refractivity contribution in [1.29, 1.82) is 0 Å². The Labute approximate surface area is 132 Å². The van der Waals surface area contributed by atoms with Gasteiger partial charge in [-0.2, -0.15) is 0 Å². The van der Waals surface area contributed by atoms with Crippen molar-refractivity contribution in [3.63, 3.8) is 0 Å². The summed E-state index contributed by atoms with van der Waals surface area (Å²) in [5, 5.41) is 2.78. The maximum atomic E-state index is 13.9. The van der Waals surface area contributed by atoms with Crippen molar-refractivity contribution in [2.45, 2.75) is 19.1 Å². The Morgan fingerprint density at radius 2 is 2.13 bits per heavy atom. The van der Waals surface area contributed by atoms with Gasteiger partial charge < -0.3 is 19.7 Å². The molecule has 0 bridgehead atoms. The van der Waals surface area contributed by atoms with E-state index < -0.39 is 41.3 Å². The number of nitrogens with one attached hydrogen (secondary N) is 1. The minimum atomic E-state index is -1.25. The summed E-state index contributed by atoms with van der Waals surface area (Å²) in [6, 6.07) is 0.831. The number of ether oxygens (including phenoxy) is 2. The van der Waals surface area contributed by atoms with Crippen molar-refractivity contribution >= 4 is 11.7 Å². The molecule has 2 unspecified atom stereocenters. The van der Waals surface area contributed by atoms with Crippen LogP contribution in [-0.2, 0) is 14.3 Å². The third-order valence-electron chi connectivity index (χ3n) is 3.65. The normalized spacial score (nSPS) is 19.5. The standard InChI is InChI=1S/C15H19F3N2O3/c1-3-22-15(21)13(19-2)11-8-20(6-7-23-11)14-10(17)5-4-9(16)12(14)18/h4-5,11,13,19H,3,6-8H2,1-2H3. The lowest BCUT2D eigenvalue weighted by molar-refractivity contribution is -0.150. The average molecular weight is 332 g/mol. The molecule has 0 amide bonds. The zero-order valence-corrected chi connectivity index (χ0v) is 12.9. The summed E-state index contributed by atoms with van der Waals surface area (Å²) in [6.45, 7) is 2.25. The highest BCUT2D eigenvalue weighted by Crippen LogP contribution is 2.27. The predicted octanol–water partition coefficient (Wildman–Crippen LogP) is 1.46. The van der Waals surface area contributed by atoms with E-state index in [0.29, 0.717) is 0 Å². The van der Waals surface area contributed by atoms with Crippen LogP contribution in [-0.4, -0.2) is 51.5 Å². The summed E-state index contributed by atoms with van der Waals surface area (Å²) in [6.07, 6.45) is -0.671. The molecule has 0 aromatic heterocycles. The zero-order valence-electron chi connectivity index (χ0n) is 12.9. The van der Waals surface area contributed by atoms with Gasteiger partial charge in [-0.05, 0) is 26.1 Å². The number of carbonyl (C=O) groups excluding carboxylic acids is 1. The van der Waals surface area contributed by atoms with Gasteiger partial charge in [-0.3, -0.25) is 4.79 Å². The predicted molar refractivity (Wildman–Crippen MR) is 77.7 cm³/mol. The number of rotatable bonds is 5. The molecule has 1 N–H and O–H groups in total. The molecule has 8 heteroatoms. The molecule has 0 radical (unpaired) electrons. The Morgan fingerprint density at radius 1 is 1.43 bits per heavy atom. The second kappa shape index (κ2) is 7.65. The lowest BCUT2D eigenvalue weighted by atomic mass is 10.1. The van der Waals surface area contributed by atoms with Gasteiger partial charge in [0.05, 0.1) is 13.2 Å². The lowest BCUT2D eigenvalue weighted by Crippen LogP contribution is -2.55. The molecule has 0 saturated carbocycles. The van der Waals surface area contributed by atoms with E-state index in [4.69, 9.17) is 9.47 Å². The summed E-state index contributed by atoms with van der Waals surface area (Å²) >= 11 is 0. The van der Waals surface area contributed by atoms with Crippen molar-refractivity contribution in [2.75, 3.05) is 38.3 Å². The summed E-state index contributed by atoms with van der Waals surface area (Å²) in [5.74, 6) is -3.74. The van der Waals surface area contributed by atoms with Gasteiger partial charge in [-0.15, -0.1) is 0 Å². The fourth-order valence-electron chi connectivity index (χ4n) is 2.57. The van der Waals surface area contributed by atoms with Crippen molar-refractivity contribution in [2.24, 2.45) is 0 Å². The van der Waals surface area contributed by atoms with E-state index in [2.05, 4.69) is 5.32 Å². The topological polar surface area (TPSA) is 50.8 Å². The molecular formula is C15H19F3N2O3. The van der Waals surface area contributed by atoms with Crippen LogP contribution >= 0.6 is 0 Å². The molecule has 2 atom stereocenters. The van der Waals surface area contributed by atoms with Crippen LogP contribution in [0.5, 0.6) is 0 Å². The van der Waals surface area contributed by atoms with Gasteiger partial charge in [0.1, 0.15) is 23.7 Å². The molecule has 1 saturated heterocycles. The smallest absolute Gasteiger partial charge is 0.325 e. The number of esters is 1. The molecule has 2 rings (SSSR count). The van der Waals surface area contributed by atoms with Gasteiger partial charge in [-0.1, -0.05) is 0 Å². The van der Waals surface area contributed by atoms with Crippen LogP contribution in [0.15, 0.2) is 12.1 Å². The van der Waals surface area contributed by atoms with Gasteiger partial charge >= 0.3 is 5.97 Å². The highest BCUT2D eigenvalue weighted by molar-refractivity contribution is 5.76. The third-order valence-corrected chi connectivity index (χ3v) is 3.65. The molecule has 1 heterocycles. The van der Waals surface area contributed by atoms with Gasteiger partial charge in [0, 0.05) is 13.1 Å². The van der Waals surface area contributed by atoms with Crippen LogP contribution in [0, 0.1) is 17.5 Å². The zero-order chi connectivity index (χ0) is 17.0. The van der Waals surface area contributed by atoms with Crippen LogP contribution in [0.1, 0.15) is 6.92 Å². The molecule has 23 heavy (non-hydrogen) atoms. The van der Waals surface area contributed by atoms with Crippen molar-refractivity contribution in [3.05, 3.63) is 29.6 Å². The van der Waals surface area contributed by atoms with Gasteiger partial charge in [0.2, 0.25) is 0 Å². The van der Waals surface area contributed by atoms with Crippen LogP contribution in [0.3, 0.4) is 0 Å². The van der Waals surface area contributed by atoms with E-state index in [1.165, 1.54) is 4.90 Å². The maximum absolute atomic E-state index is 13.9. The number of anilines is 1. The SMILES string of the molecule is CCOC(=O)C(NC)C1CN(c2c(F)ccc(F)c2F)CCO1. The molecule has 1 aliphatic rings. The van der Waals surface area contributed by atoms with Gasteiger partial charge in [-0.25, -0.2) is 13.2 Å². The van der Waals surface area contributed by atoms with Crippen LogP contribution in [0.25, 0.3) is 0 Å². The third kappa shape index (κ3) is 3.76. The highest BCUT2D eigenvalue weighted by Gasteiger charge is 2.35. The molecule has 1 aromatic rings. The van der Waals surface area contributed by atoms with E-state index >= 15 is 0 Å². The Kier molecular flexibility index (Phi) is 5.84. The number of morpholine rings is 1. The van der Waals surface area contributed by atoms with Crippen LogP contribution < -0.4 is 10.2 Å². The van der Waals surface area contributed by atoms with Crippen LogP contribution in [0.2, 0.25) is 0 Å². The number of nitrogens with zero attached hydrogens (tertiary/aromatic N) is 1. The minimum absolute atomic E-state index is 0.0294. The van der Waals surface area contributed by atoms with Crippen molar-refractivity contribution in [1.82, 2.24) is 5.32 Å². The number of carbonyl (C=O) groups is 1. The van der Waals surface area contributed by atoms with Crippen molar-refractivity contribution < 1.29 is 27.4 Å². The second-order valence-corrected chi connectivity index (χ2v) is 5.07. The molecule has 0 aliphatic carbocycles. The van der Waals surface area contributed by atoms with Crippen molar-refractivity contribution in [3.8, 4) is 0 Å². The molecule has 5 nitrogen and oxygen atoms in total. The maximum Gasteiger partial charge on any atom is 0.325 e. The minimum Gasteiger partial charge on any atom is -0.465 e. The molecule has 1 fully saturated rings. The monoisotopic (exact) mass is 332 g/mol. The molecule has 1 aliphatic heterocycles. The first-order chi connectivity index (χ1) is 11.0. The fourth-order valence-corrected chi connectivity index (χ4v) is 2.57. The van der Waals surface area contributed by atoms with Gasteiger partial charge in [0.15, 0.2) is 11.6 Å². The van der Waals surface area contributed by atoms with E-state index in [1.807, 2.05) is 0 Å². The van der Waals surface area contributed by atoms with E-state index in [9.17, 15) is 18.0 Å². The van der Waals surface area contributed by atoms with Crippen LogP contribution in [0.4, 0.5) is 18.9 Å². The molecule has 128 valence electrons. The van der Waals surface area contributed by atoms with E-state index in [0.717, 1.165) is 12.1 Å². The number of hydrogen-bond acceptors (Lipinski definition) is 5. The van der Waals surface area contributed by atoms with Gasteiger partial charge in [0.25, 0.3) is 0 Å². The first-order valence-electron chi connectivity index (χ1n) is 7.33. The number of benzene rings is 1. The molecule has 1 aromatic carbocycles. The lowest BCUT2D eigenvalue weighted by Gasteiger charge is -2.37. The Balaban J connectivity index is 2.21. The number of halogens is 3. The first kappa shape index (κ1) is 17.6. The van der Waals surface area contributed by atoms with E-state index in [1.54, 1.807) is 14.0 Å². The summed E-state index contributed by atoms with van der Waals surface area (Å²) in [4.78, 5) is 13.3. The van der Waals surface area contributed by atoms with E-state index in [-0.39, 0.29) is 26.3 Å². The average Bonchev–Trinajstić information content (AvgIpc) is 2.53. The first-order valence-corrected chi connectivity index (χ1v) is 7.33. The molecule has 0 spiro atoms. The molecular weight excluding hydrogens is 313 g/mol. The number of hydrogen-bond donors (Lipinski definition) is 1. The summed E-state index contributed by atoms with van der Waals surface area (Å²) in [7, 11) is 1.56. The largest absolute Gasteiger partial charge is 0.465 e. The Hall–Kier alpha value is -1.80. The summed E-state index contributed by atoms with van der Waals surface area (Å²) in [5.41, 5.74) is -0.447. The summed E-state index contributed by atoms with van der Waals surface area (Å²) < 4.78 is 51.7. The Morgan fingerprint density at radius 3 is 2.78 bits per heavy atom. The highest BCUT2D eigenvalue weighted by atomic mass is 19.2.